The summed E-state index contributed by atoms with van der Waals surface area (Å²) in [6.07, 6.45) is 2.92. The molecule has 0 saturated carbocycles. The molecule has 2 rings (SSSR count). The Morgan fingerprint density at radius 3 is 3.00 bits per heavy atom. The van der Waals surface area contributed by atoms with E-state index < -0.39 is 0 Å². The van der Waals surface area contributed by atoms with Gasteiger partial charge in [-0.15, -0.1) is 0 Å². The van der Waals surface area contributed by atoms with E-state index in [2.05, 4.69) is 28.2 Å². The molecule has 3 nitrogen and oxygen atoms in total. The first-order valence-corrected chi connectivity index (χ1v) is 5.10. The Labute approximate surface area is 89.2 Å². The maximum Gasteiger partial charge on any atom is 0.189 e. The zero-order chi connectivity index (χ0) is 10.8. The number of imidazole rings is 1. The molecule has 1 unspecified atom stereocenters. The van der Waals surface area contributed by atoms with E-state index in [-0.39, 0.29) is 0 Å². The van der Waals surface area contributed by atoms with Crippen molar-refractivity contribution in [2.24, 2.45) is 0 Å². The predicted octanol–water partition coefficient (Wildman–Crippen LogP) is 3.56. The lowest BCUT2D eigenvalue weighted by molar-refractivity contribution is 0.544. The zero-order valence-electron chi connectivity index (χ0n) is 8.94. The van der Waals surface area contributed by atoms with E-state index in [1.165, 1.54) is 0 Å². The molecule has 0 saturated heterocycles. The van der Waals surface area contributed by atoms with E-state index in [0.717, 1.165) is 17.5 Å². The lowest BCUT2D eigenvalue weighted by atomic mass is 10.2. The molecule has 0 N–H and O–H groups in total. The maximum absolute atomic E-state index is 6.99. The molecule has 15 heavy (non-hydrogen) atoms. The summed E-state index contributed by atoms with van der Waals surface area (Å²) in [5.41, 5.74) is 2.69. The summed E-state index contributed by atoms with van der Waals surface area (Å²) in [6.45, 7) is 11.3. The molecule has 76 valence electrons. The Hall–Kier alpha value is -1.82. The molecule has 1 heterocycles. The Morgan fingerprint density at radius 1 is 1.53 bits per heavy atom. The topological polar surface area (TPSA) is 22.2 Å². The van der Waals surface area contributed by atoms with Crippen LogP contribution in [-0.4, -0.2) is 9.55 Å². The number of benzene rings is 1. The summed E-state index contributed by atoms with van der Waals surface area (Å²) in [6, 6.07) is 6.04. The van der Waals surface area contributed by atoms with Crippen molar-refractivity contribution in [2.45, 2.75) is 26.3 Å². The van der Waals surface area contributed by atoms with E-state index in [9.17, 15) is 0 Å². The fraction of sp³-hybridized carbons (Fsp3) is 0.333. The molecule has 1 aromatic heterocycles. The van der Waals surface area contributed by atoms with Crippen LogP contribution in [-0.2, 0) is 0 Å². The van der Waals surface area contributed by atoms with Crippen molar-refractivity contribution >= 4 is 16.7 Å². The van der Waals surface area contributed by atoms with Crippen LogP contribution in [0.2, 0.25) is 0 Å². The van der Waals surface area contributed by atoms with Crippen LogP contribution in [0.25, 0.3) is 15.9 Å². The Balaban J connectivity index is 2.62. The van der Waals surface area contributed by atoms with Crippen LogP contribution < -0.4 is 0 Å². The summed E-state index contributed by atoms with van der Waals surface area (Å²) in [5, 5.41) is 0. The molecule has 1 atom stereocenters. The largest absolute Gasteiger partial charge is 0.329 e. The van der Waals surface area contributed by atoms with Gasteiger partial charge in [0.05, 0.1) is 23.9 Å². The first-order valence-electron chi connectivity index (χ1n) is 5.10. The molecule has 0 bridgehead atoms. The van der Waals surface area contributed by atoms with Crippen molar-refractivity contribution in [1.82, 2.24) is 9.55 Å². The molecule has 0 fully saturated rings. The normalized spacial score (nSPS) is 12.6. The van der Waals surface area contributed by atoms with Crippen LogP contribution in [0.5, 0.6) is 0 Å². The number of nitrogens with zero attached hydrogens (tertiary/aromatic N) is 3. The van der Waals surface area contributed by atoms with Gasteiger partial charge in [-0.2, -0.15) is 0 Å². The zero-order valence-corrected chi connectivity index (χ0v) is 8.94. The van der Waals surface area contributed by atoms with Gasteiger partial charge in [0.15, 0.2) is 5.69 Å². The summed E-state index contributed by atoms with van der Waals surface area (Å²) in [7, 11) is 0. The molecule has 0 aliphatic heterocycles. The van der Waals surface area contributed by atoms with Crippen molar-refractivity contribution in [3.05, 3.63) is 35.9 Å². The van der Waals surface area contributed by atoms with E-state index in [0.29, 0.717) is 11.7 Å². The van der Waals surface area contributed by atoms with Gasteiger partial charge in [-0.25, -0.2) is 9.83 Å². The molecular weight excluding hydrogens is 186 g/mol. The summed E-state index contributed by atoms with van der Waals surface area (Å²) in [4.78, 5) is 7.76. The Bertz CT molecular complexity index is 519. The van der Waals surface area contributed by atoms with Crippen LogP contribution in [0.4, 0.5) is 5.69 Å². The third kappa shape index (κ3) is 1.59. The highest BCUT2D eigenvalue weighted by Crippen LogP contribution is 2.23. The predicted molar refractivity (Wildman–Crippen MR) is 61.0 cm³/mol. The number of hydrogen-bond donors (Lipinski definition) is 0. The van der Waals surface area contributed by atoms with Gasteiger partial charge in [0.25, 0.3) is 0 Å². The second-order valence-corrected chi connectivity index (χ2v) is 3.69. The molecule has 0 aliphatic carbocycles. The SMILES string of the molecule is [C-]#[N+]c1ccc2ncn(C(C)CC)c2c1. The Kier molecular flexibility index (Phi) is 2.42. The van der Waals surface area contributed by atoms with Crippen molar-refractivity contribution in [3.8, 4) is 0 Å². The van der Waals surface area contributed by atoms with Gasteiger partial charge in [0.2, 0.25) is 0 Å². The van der Waals surface area contributed by atoms with Gasteiger partial charge in [-0.05, 0) is 25.5 Å². The second-order valence-electron chi connectivity index (χ2n) is 3.69. The third-order valence-corrected chi connectivity index (χ3v) is 2.75. The molecule has 0 amide bonds. The first-order chi connectivity index (χ1) is 7.26. The molecule has 0 radical (unpaired) electrons. The van der Waals surface area contributed by atoms with Gasteiger partial charge in [-0.1, -0.05) is 13.0 Å². The van der Waals surface area contributed by atoms with E-state index in [1.54, 1.807) is 0 Å². The molecule has 2 aromatic rings. The average Bonchev–Trinajstić information content (AvgIpc) is 2.70. The smallest absolute Gasteiger partial charge is 0.189 e. The fourth-order valence-electron chi connectivity index (χ4n) is 1.63. The number of rotatable bonds is 2. The number of hydrogen-bond acceptors (Lipinski definition) is 1. The summed E-state index contributed by atoms with van der Waals surface area (Å²) < 4.78 is 2.13. The lowest BCUT2D eigenvalue weighted by Crippen LogP contribution is -2.01. The maximum atomic E-state index is 6.99. The van der Waals surface area contributed by atoms with Crippen LogP contribution in [0.1, 0.15) is 26.3 Å². The van der Waals surface area contributed by atoms with E-state index in [4.69, 9.17) is 6.57 Å². The average molecular weight is 199 g/mol. The van der Waals surface area contributed by atoms with Gasteiger partial charge in [0, 0.05) is 6.04 Å². The van der Waals surface area contributed by atoms with E-state index in [1.807, 2.05) is 24.5 Å². The van der Waals surface area contributed by atoms with E-state index >= 15 is 0 Å². The van der Waals surface area contributed by atoms with Crippen molar-refractivity contribution in [3.63, 3.8) is 0 Å². The van der Waals surface area contributed by atoms with Gasteiger partial charge in [-0.3, -0.25) is 0 Å². The van der Waals surface area contributed by atoms with Crippen LogP contribution in [0.3, 0.4) is 0 Å². The lowest BCUT2D eigenvalue weighted by Gasteiger charge is -2.11. The summed E-state index contributed by atoms with van der Waals surface area (Å²) >= 11 is 0. The molecule has 3 heteroatoms. The summed E-state index contributed by atoms with van der Waals surface area (Å²) in [5.74, 6) is 0. The highest BCUT2D eigenvalue weighted by Gasteiger charge is 2.07. The minimum Gasteiger partial charge on any atom is -0.329 e. The number of fused-ring (bicyclic) bond motifs is 1. The molecule has 0 spiro atoms. The first kappa shape index (κ1) is 9.72. The van der Waals surface area contributed by atoms with Crippen molar-refractivity contribution in [1.29, 1.82) is 0 Å². The molecular formula is C12H13N3. The van der Waals surface area contributed by atoms with Gasteiger partial charge < -0.3 is 4.57 Å². The molecule has 1 aromatic carbocycles. The molecule has 0 aliphatic rings. The second kappa shape index (κ2) is 3.74. The van der Waals surface area contributed by atoms with Crippen molar-refractivity contribution in [2.75, 3.05) is 0 Å². The Morgan fingerprint density at radius 2 is 2.33 bits per heavy atom. The van der Waals surface area contributed by atoms with Crippen molar-refractivity contribution < 1.29 is 0 Å². The van der Waals surface area contributed by atoms with Gasteiger partial charge >= 0.3 is 0 Å². The number of aromatic nitrogens is 2. The monoisotopic (exact) mass is 199 g/mol. The van der Waals surface area contributed by atoms with Crippen LogP contribution in [0, 0.1) is 6.57 Å². The minimum atomic E-state index is 0.427. The minimum absolute atomic E-state index is 0.427. The fourth-order valence-corrected chi connectivity index (χ4v) is 1.63. The van der Waals surface area contributed by atoms with Crippen LogP contribution in [0.15, 0.2) is 24.5 Å². The van der Waals surface area contributed by atoms with Crippen LogP contribution >= 0.6 is 0 Å². The highest BCUT2D eigenvalue weighted by atomic mass is 15.1. The third-order valence-electron chi connectivity index (χ3n) is 2.75. The quantitative estimate of drug-likeness (QED) is 0.678. The highest BCUT2D eigenvalue weighted by molar-refractivity contribution is 5.79. The van der Waals surface area contributed by atoms with Gasteiger partial charge in [0.1, 0.15) is 0 Å². The standard InChI is InChI=1S/C12H13N3/c1-4-9(2)15-8-14-11-6-5-10(13-3)7-12(11)15/h5-9H,4H2,1-2H3.